The lowest BCUT2D eigenvalue weighted by atomic mass is 9.58. The molecule has 1 aromatic rings. The molecule has 1 aromatic carbocycles. The molecule has 1 nitrogen and oxygen atoms in total. The Hall–Kier alpha value is -0.410. The minimum atomic E-state index is -0.314. The van der Waals surface area contributed by atoms with Gasteiger partial charge < -0.3 is 5.11 Å². The van der Waals surface area contributed by atoms with Crippen molar-refractivity contribution in [3.05, 3.63) is 34.1 Å². The Bertz CT molecular complexity index is 389. The van der Waals surface area contributed by atoms with Crippen LogP contribution in [-0.2, 0) is 0 Å². The largest absolute Gasteiger partial charge is 0.393 e. The van der Waals surface area contributed by atoms with Crippen LogP contribution in [0.1, 0.15) is 31.7 Å². The molecule has 1 N–H and O–H groups in total. The average molecular weight is 273 g/mol. The zero-order valence-corrected chi connectivity index (χ0v) is 10.4. The lowest BCUT2D eigenvalue weighted by Gasteiger charge is -2.49. The van der Waals surface area contributed by atoms with Crippen molar-refractivity contribution in [3.8, 4) is 0 Å². The minimum absolute atomic E-state index is 0.126. The Kier molecular flexibility index (Phi) is 2.63. The molecule has 2 rings (SSSR count). The Morgan fingerprint density at radius 2 is 2.13 bits per heavy atom. The average Bonchev–Trinajstić information content (AvgIpc) is 2.15. The molecule has 1 aliphatic rings. The number of rotatable bonds is 1. The molecule has 0 heterocycles. The summed E-state index contributed by atoms with van der Waals surface area (Å²) >= 11 is 3.24. The normalized spacial score (nSPS) is 28.6. The Labute approximate surface area is 97.4 Å². The van der Waals surface area contributed by atoms with Crippen LogP contribution in [0.3, 0.4) is 0 Å². The van der Waals surface area contributed by atoms with Gasteiger partial charge in [0.2, 0.25) is 0 Å². The van der Waals surface area contributed by atoms with Crippen LogP contribution in [-0.4, -0.2) is 11.2 Å². The molecule has 1 saturated carbocycles. The predicted molar refractivity (Wildman–Crippen MR) is 61.2 cm³/mol. The maximum atomic E-state index is 13.7. The highest BCUT2D eigenvalue weighted by atomic mass is 79.9. The van der Waals surface area contributed by atoms with Crippen molar-refractivity contribution in [2.24, 2.45) is 5.41 Å². The van der Waals surface area contributed by atoms with E-state index in [2.05, 4.69) is 15.9 Å². The molecule has 82 valence electrons. The van der Waals surface area contributed by atoms with E-state index in [9.17, 15) is 9.50 Å². The van der Waals surface area contributed by atoms with Gasteiger partial charge in [0.25, 0.3) is 0 Å². The Morgan fingerprint density at radius 1 is 1.47 bits per heavy atom. The number of hydrogen-bond acceptors (Lipinski definition) is 1. The molecule has 2 unspecified atom stereocenters. The van der Waals surface area contributed by atoms with E-state index in [-0.39, 0.29) is 23.3 Å². The molecule has 15 heavy (non-hydrogen) atoms. The second kappa shape index (κ2) is 3.56. The number of hydrogen-bond donors (Lipinski definition) is 1. The fraction of sp³-hybridized carbons (Fsp3) is 0.500. The van der Waals surface area contributed by atoms with Crippen molar-refractivity contribution >= 4 is 15.9 Å². The van der Waals surface area contributed by atoms with E-state index in [4.69, 9.17) is 0 Å². The SMILES string of the molecule is CC1(C)C(O)CC1c1ccc(Br)cc1F. The summed E-state index contributed by atoms with van der Waals surface area (Å²) in [6.45, 7) is 3.96. The molecule has 0 saturated heterocycles. The third-order valence-electron chi connectivity index (χ3n) is 3.55. The van der Waals surface area contributed by atoms with E-state index in [1.54, 1.807) is 6.07 Å². The summed E-state index contributed by atoms with van der Waals surface area (Å²) in [6, 6.07) is 5.13. The van der Waals surface area contributed by atoms with Crippen LogP contribution in [0.15, 0.2) is 22.7 Å². The highest BCUT2D eigenvalue weighted by Gasteiger charge is 2.48. The predicted octanol–water partition coefficient (Wildman–Crippen LogP) is 3.46. The summed E-state index contributed by atoms with van der Waals surface area (Å²) in [7, 11) is 0. The topological polar surface area (TPSA) is 20.2 Å². The summed E-state index contributed by atoms with van der Waals surface area (Å²) in [4.78, 5) is 0. The van der Waals surface area contributed by atoms with E-state index in [0.717, 1.165) is 4.47 Å². The van der Waals surface area contributed by atoms with E-state index in [1.165, 1.54) is 6.07 Å². The van der Waals surface area contributed by atoms with Crippen molar-refractivity contribution in [2.75, 3.05) is 0 Å². The molecular weight excluding hydrogens is 259 g/mol. The van der Waals surface area contributed by atoms with Crippen LogP contribution in [0.5, 0.6) is 0 Å². The van der Waals surface area contributed by atoms with E-state index < -0.39 is 0 Å². The van der Waals surface area contributed by atoms with Crippen LogP contribution in [0, 0.1) is 11.2 Å². The summed E-state index contributed by atoms with van der Waals surface area (Å²) in [5.41, 5.74) is 0.503. The minimum Gasteiger partial charge on any atom is -0.393 e. The summed E-state index contributed by atoms with van der Waals surface area (Å²) in [5, 5.41) is 9.62. The first-order chi connectivity index (χ1) is 6.93. The first-order valence-corrected chi connectivity index (χ1v) is 5.85. The molecule has 0 radical (unpaired) electrons. The smallest absolute Gasteiger partial charge is 0.127 e. The zero-order chi connectivity index (χ0) is 11.2. The Morgan fingerprint density at radius 3 is 2.60 bits per heavy atom. The maximum Gasteiger partial charge on any atom is 0.127 e. The van der Waals surface area contributed by atoms with Gasteiger partial charge in [-0.05, 0) is 35.4 Å². The fourth-order valence-electron chi connectivity index (χ4n) is 2.21. The summed E-state index contributed by atoms with van der Waals surface area (Å²) in [5.74, 6) is -0.0602. The maximum absolute atomic E-state index is 13.7. The van der Waals surface area contributed by atoms with Gasteiger partial charge in [-0.1, -0.05) is 35.8 Å². The van der Waals surface area contributed by atoms with Gasteiger partial charge in [0, 0.05) is 4.47 Å². The van der Waals surface area contributed by atoms with Crippen LogP contribution in [0.4, 0.5) is 4.39 Å². The molecule has 3 heteroatoms. The van der Waals surface area contributed by atoms with E-state index in [0.29, 0.717) is 12.0 Å². The Balaban J connectivity index is 2.32. The van der Waals surface area contributed by atoms with Crippen molar-refractivity contribution < 1.29 is 9.50 Å². The third-order valence-corrected chi connectivity index (χ3v) is 4.05. The van der Waals surface area contributed by atoms with Crippen LogP contribution >= 0.6 is 15.9 Å². The van der Waals surface area contributed by atoms with Gasteiger partial charge in [-0.25, -0.2) is 4.39 Å². The molecule has 0 bridgehead atoms. The van der Waals surface area contributed by atoms with Gasteiger partial charge in [0.1, 0.15) is 5.82 Å². The van der Waals surface area contributed by atoms with Gasteiger partial charge in [-0.2, -0.15) is 0 Å². The van der Waals surface area contributed by atoms with Crippen molar-refractivity contribution in [1.29, 1.82) is 0 Å². The van der Waals surface area contributed by atoms with Crippen molar-refractivity contribution in [1.82, 2.24) is 0 Å². The van der Waals surface area contributed by atoms with Gasteiger partial charge in [0.15, 0.2) is 0 Å². The van der Waals surface area contributed by atoms with Crippen LogP contribution < -0.4 is 0 Å². The lowest BCUT2D eigenvalue weighted by molar-refractivity contribution is -0.0635. The van der Waals surface area contributed by atoms with Gasteiger partial charge in [0.05, 0.1) is 6.10 Å². The highest BCUT2D eigenvalue weighted by Crippen LogP contribution is 2.53. The molecule has 2 atom stereocenters. The molecule has 0 aromatic heterocycles. The number of benzene rings is 1. The molecule has 1 aliphatic carbocycles. The summed E-state index contributed by atoms with van der Waals surface area (Å²) < 4.78 is 14.4. The van der Waals surface area contributed by atoms with Crippen molar-refractivity contribution in [2.45, 2.75) is 32.3 Å². The molecular formula is C12H14BrFO. The fourth-order valence-corrected chi connectivity index (χ4v) is 2.55. The molecule has 1 fully saturated rings. The van der Waals surface area contributed by atoms with E-state index >= 15 is 0 Å². The van der Waals surface area contributed by atoms with Gasteiger partial charge >= 0.3 is 0 Å². The lowest BCUT2D eigenvalue weighted by Crippen LogP contribution is -2.47. The van der Waals surface area contributed by atoms with E-state index in [1.807, 2.05) is 19.9 Å². The second-order valence-corrected chi connectivity index (χ2v) is 5.71. The quantitative estimate of drug-likeness (QED) is 0.830. The number of aliphatic hydroxyl groups is 1. The summed E-state index contributed by atoms with van der Waals surface area (Å²) in [6.07, 6.45) is 0.344. The van der Waals surface area contributed by atoms with Crippen LogP contribution in [0.2, 0.25) is 0 Å². The third kappa shape index (κ3) is 1.72. The zero-order valence-electron chi connectivity index (χ0n) is 8.80. The number of halogens is 2. The second-order valence-electron chi connectivity index (χ2n) is 4.79. The molecule has 0 amide bonds. The van der Waals surface area contributed by atoms with Gasteiger partial charge in [-0.3, -0.25) is 0 Å². The molecule has 0 spiro atoms. The molecule has 0 aliphatic heterocycles. The first-order valence-electron chi connectivity index (χ1n) is 5.06. The first kappa shape index (κ1) is 11.1. The van der Waals surface area contributed by atoms with Crippen LogP contribution in [0.25, 0.3) is 0 Å². The van der Waals surface area contributed by atoms with Crippen molar-refractivity contribution in [3.63, 3.8) is 0 Å². The number of aliphatic hydroxyl groups excluding tert-OH is 1. The standard InChI is InChI=1S/C12H14BrFO/c1-12(2)9(6-11(12)15)8-4-3-7(13)5-10(8)14/h3-5,9,11,15H,6H2,1-2H3. The monoisotopic (exact) mass is 272 g/mol. The highest BCUT2D eigenvalue weighted by molar-refractivity contribution is 9.10. The van der Waals surface area contributed by atoms with Gasteiger partial charge in [-0.15, -0.1) is 0 Å².